The van der Waals surface area contributed by atoms with Crippen LogP contribution in [0.15, 0.2) is 48.8 Å². The Kier molecular flexibility index (Phi) is 10.9. The van der Waals surface area contributed by atoms with Crippen LogP contribution in [0.5, 0.6) is 0 Å². The highest BCUT2D eigenvalue weighted by Gasteiger charge is 2.62. The summed E-state index contributed by atoms with van der Waals surface area (Å²) in [5.41, 5.74) is 4.75. The lowest BCUT2D eigenvalue weighted by molar-refractivity contribution is -0.215. The Hall–Kier alpha value is -5.99. The Balaban J connectivity index is 0.000000667. The van der Waals surface area contributed by atoms with Crippen LogP contribution >= 0.6 is 0 Å². The summed E-state index contributed by atoms with van der Waals surface area (Å²) in [6, 6.07) is 11.4. The van der Waals surface area contributed by atoms with Crippen molar-refractivity contribution in [2.75, 3.05) is 50.6 Å². The molecule has 4 aliphatic heterocycles. The predicted molar refractivity (Wildman–Crippen MR) is 218 cm³/mol. The van der Waals surface area contributed by atoms with E-state index in [4.69, 9.17) is 24.4 Å². The average Bonchev–Trinajstić information content (AvgIpc) is 3.56. The maximum atomic E-state index is 13.8. The van der Waals surface area contributed by atoms with E-state index < -0.39 is 29.9 Å². The van der Waals surface area contributed by atoms with Crippen molar-refractivity contribution in [1.29, 1.82) is 0 Å². The number of imide groups is 1. The third-order valence-electron chi connectivity index (χ3n) is 12.9. The number of nitrogens with one attached hydrogen (secondary N) is 2. The van der Waals surface area contributed by atoms with E-state index in [-0.39, 0.29) is 48.1 Å². The zero-order valence-electron chi connectivity index (χ0n) is 34.6. The lowest BCUT2D eigenvalue weighted by Crippen LogP contribution is -2.55. The molecule has 4 aromatic rings. The van der Waals surface area contributed by atoms with Crippen molar-refractivity contribution in [2.45, 2.75) is 93.3 Å². The number of carboxylic acids is 1. The molecular formula is C43H46F3N9O8. The van der Waals surface area contributed by atoms with Crippen LogP contribution in [0.3, 0.4) is 0 Å². The van der Waals surface area contributed by atoms with Crippen molar-refractivity contribution in [1.82, 2.24) is 34.6 Å². The summed E-state index contributed by atoms with van der Waals surface area (Å²) >= 11 is 0. The number of alkyl halides is 3. The van der Waals surface area contributed by atoms with Gasteiger partial charge in [-0.15, -0.1) is 0 Å². The fourth-order valence-electron chi connectivity index (χ4n) is 9.52. The van der Waals surface area contributed by atoms with Gasteiger partial charge in [-0.3, -0.25) is 34.3 Å². The van der Waals surface area contributed by atoms with Crippen LogP contribution in [0.25, 0.3) is 11.0 Å². The van der Waals surface area contributed by atoms with Crippen molar-refractivity contribution in [3.8, 4) is 0 Å². The molecule has 3 N–H and O–H groups in total. The van der Waals surface area contributed by atoms with Gasteiger partial charge in [0.25, 0.3) is 5.91 Å². The lowest BCUT2D eigenvalue weighted by atomic mass is 9.82. The molecule has 0 radical (unpaired) electrons. The molecule has 20 heteroatoms. The van der Waals surface area contributed by atoms with Crippen molar-refractivity contribution in [3.63, 3.8) is 0 Å². The summed E-state index contributed by atoms with van der Waals surface area (Å²) in [7, 11) is 3.53. The maximum Gasteiger partial charge on any atom is 0.490 e. The molecule has 5 fully saturated rings. The largest absolute Gasteiger partial charge is 0.490 e. The second-order valence-corrected chi connectivity index (χ2v) is 17.2. The van der Waals surface area contributed by atoms with Crippen molar-refractivity contribution in [2.24, 2.45) is 0 Å². The Bertz CT molecular complexity index is 2470. The number of rotatable bonds is 8. The van der Waals surface area contributed by atoms with Gasteiger partial charge in [-0.25, -0.2) is 14.8 Å². The number of hydrogen-bond donors (Lipinski definition) is 3. The van der Waals surface area contributed by atoms with E-state index in [2.05, 4.69) is 36.1 Å². The van der Waals surface area contributed by atoms with E-state index >= 15 is 0 Å². The summed E-state index contributed by atoms with van der Waals surface area (Å²) in [4.78, 5) is 80.1. The van der Waals surface area contributed by atoms with Crippen LogP contribution in [-0.4, -0.2) is 123 Å². The van der Waals surface area contributed by atoms with Gasteiger partial charge in [-0.05, 0) is 67.5 Å². The molecule has 1 unspecified atom stereocenters. The molecule has 1 spiro atoms. The summed E-state index contributed by atoms with van der Waals surface area (Å²) < 4.78 is 46.3. The quantitative estimate of drug-likeness (QED) is 0.206. The van der Waals surface area contributed by atoms with E-state index in [0.29, 0.717) is 37.1 Å². The number of ether oxygens (including phenoxy) is 2. The van der Waals surface area contributed by atoms with Crippen molar-refractivity contribution >= 4 is 58.1 Å². The van der Waals surface area contributed by atoms with Crippen LogP contribution in [0.4, 0.5) is 30.6 Å². The third-order valence-corrected chi connectivity index (χ3v) is 12.9. The van der Waals surface area contributed by atoms with E-state index in [1.165, 1.54) is 5.56 Å². The van der Waals surface area contributed by atoms with Gasteiger partial charge in [-0.1, -0.05) is 25.0 Å². The van der Waals surface area contributed by atoms with Gasteiger partial charge in [0, 0.05) is 74.6 Å². The molecule has 3 saturated heterocycles. The normalized spacial score (nSPS) is 23.5. The monoisotopic (exact) mass is 873 g/mol. The summed E-state index contributed by atoms with van der Waals surface area (Å²) in [6.07, 6.45) is 4.34. The summed E-state index contributed by atoms with van der Waals surface area (Å²) in [6.45, 7) is 2.69. The lowest BCUT2D eigenvalue weighted by Gasteiger charge is -2.47. The third kappa shape index (κ3) is 7.88. The number of anilines is 3. The molecule has 4 amide bonds. The number of likely N-dealkylation sites (tertiary alicyclic amines) is 1. The van der Waals surface area contributed by atoms with Gasteiger partial charge in [0.15, 0.2) is 6.29 Å². The number of carboxylic acid groups (broad SMARTS) is 1. The zero-order chi connectivity index (χ0) is 44.4. The first-order valence-corrected chi connectivity index (χ1v) is 21.0. The number of carbonyl (C=O) groups excluding carboxylic acids is 4. The number of benzene rings is 1. The van der Waals surface area contributed by atoms with Gasteiger partial charge in [0.1, 0.15) is 23.2 Å². The molecule has 2 aliphatic carbocycles. The molecule has 7 heterocycles. The van der Waals surface area contributed by atoms with Crippen LogP contribution in [0, 0.1) is 0 Å². The highest BCUT2D eigenvalue weighted by atomic mass is 19.4. The Labute approximate surface area is 358 Å². The Morgan fingerprint density at radius 2 is 1.68 bits per heavy atom. The number of nitrogens with zero attached hydrogens (tertiary/aromatic N) is 7. The highest BCUT2D eigenvalue weighted by molar-refractivity contribution is 6.15. The SMILES string of the molecule is CN(C)C(=O)c1cc2cnc(Nc3ccc(C4OCC(N5CC(c6cccc7c6C6(CC6)C(=O)N7C6CCC(=O)NC6=O)C5)CO4)cn3)nc2n1C1CCCC1.O=C(O)C(F)(F)F. The number of aromatic nitrogens is 4. The van der Waals surface area contributed by atoms with Crippen LogP contribution < -0.4 is 15.5 Å². The minimum atomic E-state index is -5.08. The first-order valence-electron chi connectivity index (χ1n) is 21.0. The first-order chi connectivity index (χ1) is 30.1. The van der Waals surface area contributed by atoms with Crippen LogP contribution in [0.2, 0.25) is 0 Å². The number of pyridine rings is 1. The molecule has 332 valence electrons. The standard InChI is InChI=1S/C41H45N9O6.C2HF3O2/c1-47(2)37(53)31-16-24-18-43-40(46-35(24)49(31)26-6-3-4-7-26)44-32-12-10-23(17-42-32)38-55-21-27(22-56-38)48-19-25(20-48)28-8-5-9-29-34(28)41(14-15-41)39(54)50(29)30-11-13-33(51)45-36(30)52;3-2(4,5)1(6)7/h5,8-10,12,16-18,25-27,30,38H,3-4,6-7,11,13-15,19-22H2,1-2H3,(H,45,51,52)(H,42,43,44,46);(H,6,7). The maximum absolute atomic E-state index is 13.8. The number of hydrogen-bond acceptors (Lipinski definition) is 12. The molecule has 1 aromatic carbocycles. The Morgan fingerprint density at radius 1 is 0.968 bits per heavy atom. The van der Waals surface area contributed by atoms with Gasteiger partial charge < -0.3 is 29.4 Å². The highest BCUT2D eigenvalue weighted by Crippen LogP contribution is 2.60. The molecule has 3 aromatic heterocycles. The second-order valence-electron chi connectivity index (χ2n) is 17.2. The number of carbonyl (C=O) groups is 5. The van der Waals surface area contributed by atoms with Gasteiger partial charge in [0.2, 0.25) is 23.7 Å². The van der Waals surface area contributed by atoms with Crippen LogP contribution in [0.1, 0.15) is 96.8 Å². The van der Waals surface area contributed by atoms with Gasteiger partial charge >= 0.3 is 12.1 Å². The smallest absolute Gasteiger partial charge is 0.475 e. The van der Waals surface area contributed by atoms with E-state index in [1.807, 2.05) is 30.3 Å². The fraction of sp³-hybridized carbons (Fsp3) is 0.488. The number of amides is 4. The topological polar surface area (TPSA) is 201 Å². The molecule has 2 saturated carbocycles. The molecular weight excluding hydrogens is 828 g/mol. The number of halogens is 3. The Morgan fingerprint density at radius 3 is 2.30 bits per heavy atom. The average molecular weight is 874 g/mol. The molecule has 10 rings (SSSR count). The van der Waals surface area contributed by atoms with Gasteiger partial charge in [-0.2, -0.15) is 18.2 Å². The number of aliphatic carboxylic acids is 1. The van der Waals surface area contributed by atoms with E-state index in [1.54, 1.807) is 36.3 Å². The summed E-state index contributed by atoms with van der Waals surface area (Å²) in [5, 5.41) is 13.6. The molecule has 63 heavy (non-hydrogen) atoms. The predicted octanol–water partition coefficient (Wildman–Crippen LogP) is 4.72. The molecule has 17 nitrogen and oxygen atoms in total. The summed E-state index contributed by atoms with van der Waals surface area (Å²) in [5.74, 6) is -2.22. The fourth-order valence-corrected chi connectivity index (χ4v) is 9.52. The molecule has 1 atom stereocenters. The van der Waals surface area contributed by atoms with Gasteiger partial charge in [0.05, 0.1) is 24.7 Å². The molecule has 0 bridgehead atoms. The second kappa shape index (κ2) is 16.3. The van der Waals surface area contributed by atoms with E-state index in [0.717, 1.165) is 79.5 Å². The first kappa shape index (κ1) is 42.3. The molecule has 6 aliphatic rings. The number of fused-ring (bicyclic) bond motifs is 3. The van der Waals surface area contributed by atoms with E-state index in [9.17, 15) is 32.3 Å². The number of piperidine rings is 1. The minimum Gasteiger partial charge on any atom is -0.475 e. The minimum absolute atomic E-state index is 0.00273. The van der Waals surface area contributed by atoms with Crippen molar-refractivity contribution in [3.05, 3.63) is 71.2 Å². The zero-order valence-corrected chi connectivity index (χ0v) is 34.6. The van der Waals surface area contributed by atoms with Crippen LogP contribution in [-0.2, 0) is 34.1 Å². The van der Waals surface area contributed by atoms with Crippen molar-refractivity contribution < 1.29 is 51.7 Å².